The van der Waals surface area contributed by atoms with Crippen molar-refractivity contribution in [1.82, 2.24) is 0 Å². The summed E-state index contributed by atoms with van der Waals surface area (Å²) >= 11 is 0. The topological polar surface area (TPSA) is 18.5 Å². The zero-order valence-electron chi connectivity index (χ0n) is 7.14. The van der Waals surface area contributed by atoms with E-state index >= 15 is 0 Å². The minimum Gasteiger partial charge on any atom is -0.360 e. The summed E-state index contributed by atoms with van der Waals surface area (Å²) in [6.45, 7) is 3.58. The summed E-state index contributed by atoms with van der Waals surface area (Å²) in [5.74, 6) is 0. The van der Waals surface area contributed by atoms with Crippen molar-refractivity contribution in [1.29, 1.82) is 0 Å². The Morgan fingerprint density at radius 1 is 1.64 bits per heavy atom. The zero-order chi connectivity index (χ0) is 8.16. The summed E-state index contributed by atoms with van der Waals surface area (Å²) in [6, 6.07) is 0. The second-order valence-electron chi connectivity index (χ2n) is 2.97. The fourth-order valence-corrected chi connectivity index (χ4v) is 1.14. The van der Waals surface area contributed by atoms with E-state index in [0.29, 0.717) is 6.61 Å². The fraction of sp³-hybridized carbons (Fsp3) is 1.00. The molecule has 1 atom stereocenters. The summed E-state index contributed by atoms with van der Waals surface area (Å²) in [6.07, 6.45) is 4.04. The first kappa shape index (κ1) is 9.08. The van der Waals surface area contributed by atoms with Gasteiger partial charge >= 0.3 is 0 Å². The Kier molecular flexibility index (Phi) is 3.40. The number of ether oxygens (including phenoxy) is 2. The van der Waals surface area contributed by atoms with Crippen LogP contribution in [0.25, 0.3) is 0 Å². The van der Waals surface area contributed by atoms with E-state index in [0.717, 1.165) is 32.3 Å². The smallest absolute Gasteiger partial charge is 0.154 e. The van der Waals surface area contributed by atoms with Gasteiger partial charge in [0.1, 0.15) is 5.69 Å². The van der Waals surface area contributed by atoms with E-state index in [1.807, 2.05) is 0 Å². The molecule has 0 bridgehead atoms. The second-order valence-corrected chi connectivity index (χ2v) is 2.97. The lowest BCUT2D eigenvalue weighted by Gasteiger charge is -2.24. The molecule has 1 aliphatic heterocycles. The van der Waals surface area contributed by atoms with Crippen molar-refractivity contribution in [2.24, 2.45) is 0 Å². The molecular weight excluding hydrogens is 139 g/mol. The molecule has 0 N–H and O–H groups in total. The average molecular weight is 154 g/mol. The monoisotopic (exact) mass is 154 g/mol. The van der Waals surface area contributed by atoms with E-state index in [4.69, 9.17) is 17.3 Å². The van der Waals surface area contributed by atoms with Crippen LogP contribution in [0.3, 0.4) is 0 Å². The van der Waals surface area contributed by atoms with Crippen LogP contribution in [0.1, 0.15) is 32.6 Å². The zero-order valence-corrected chi connectivity index (χ0v) is 7.14. The molecule has 1 heterocycles. The summed E-state index contributed by atoms with van der Waals surface area (Å²) in [7, 11) is 5.76. The van der Waals surface area contributed by atoms with Crippen molar-refractivity contribution in [3.63, 3.8) is 0 Å². The van der Waals surface area contributed by atoms with E-state index in [2.05, 4.69) is 6.92 Å². The largest absolute Gasteiger partial charge is 0.360 e. The predicted octanol–water partition coefficient (Wildman–Crippen LogP) is 1.44. The van der Waals surface area contributed by atoms with Crippen molar-refractivity contribution in [2.45, 2.75) is 38.3 Å². The van der Waals surface area contributed by atoms with E-state index in [1.165, 1.54) is 0 Å². The van der Waals surface area contributed by atoms with Crippen molar-refractivity contribution < 1.29 is 9.47 Å². The standard InChI is InChI=1S/C8H15BO2/c1-2-3-6-10-8(9)5-4-7-11-8/h2-7H2,1H3. The van der Waals surface area contributed by atoms with Gasteiger partial charge in [0.15, 0.2) is 7.85 Å². The third-order valence-corrected chi connectivity index (χ3v) is 1.86. The van der Waals surface area contributed by atoms with Crippen LogP contribution in [0.15, 0.2) is 0 Å². The van der Waals surface area contributed by atoms with Gasteiger partial charge in [0, 0.05) is 13.2 Å². The second kappa shape index (κ2) is 4.12. The van der Waals surface area contributed by atoms with Crippen molar-refractivity contribution in [2.75, 3.05) is 13.2 Å². The van der Waals surface area contributed by atoms with E-state index in [1.54, 1.807) is 0 Å². The molecule has 0 aromatic rings. The fourth-order valence-electron chi connectivity index (χ4n) is 1.14. The molecule has 0 amide bonds. The minimum atomic E-state index is -0.755. The van der Waals surface area contributed by atoms with Gasteiger partial charge in [-0.1, -0.05) is 13.3 Å². The van der Waals surface area contributed by atoms with Crippen LogP contribution in [0.2, 0.25) is 0 Å². The number of rotatable bonds is 4. The lowest BCUT2D eigenvalue weighted by molar-refractivity contribution is -0.148. The maximum Gasteiger partial charge on any atom is 0.154 e. The molecular formula is C8H15BO2. The maximum atomic E-state index is 5.76. The van der Waals surface area contributed by atoms with Gasteiger partial charge in [-0.15, -0.1) is 0 Å². The summed E-state index contributed by atoms with van der Waals surface area (Å²) in [5.41, 5.74) is -0.755. The van der Waals surface area contributed by atoms with Gasteiger partial charge < -0.3 is 9.47 Å². The molecule has 3 heteroatoms. The third-order valence-electron chi connectivity index (χ3n) is 1.86. The van der Waals surface area contributed by atoms with Crippen LogP contribution < -0.4 is 0 Å². The first-order valence-electron chi connectivity index (χ1n) is 4.33. The van der Waals surface area contributed by atoms with Crippen LogP contribution in [0, 0.1) is 0 Å². The molecule has 62 valence electrons. The highest BCUT2D eigenvalue weighted by molar-refractivity contribution is 6.13. The molecule has 1 fully saturated rings. The van der Waals surface area contributed by atoms with Crippen LogP contribution in [0.4, 0.5) is 0 Å². The van der Waals surface area contributed by atoms with Gasteiger partial charge in [-0.05, 0) is 19.3 Å². The Bertz CT molecular complexity index is 111. The molecule has 0 aliphatic carbocycles. The molecule has 0 saturated carbocycles. The molecule has 2 nitrogen and oxygen atoms in total. The predicted molar refractivity (Wildman–Crippen MR) is 44.5 cm³/mol. The number of unbranched alkanes of at least 4 members (excludes halogenated alkanes) is 1. The van der Waals surface area contributed by atoms with Gasteiger partial charge in [-0.2, -0.15) is 0 Å². The molecule has 0 aromatic carbocycles. The van der Waals surface area contributed by atoms with E-state index < -0.39 is 5.69 Å². The average Bonchev–Trinajstić information content (AvgIpc) is 2.38. The van der Waals surface area contributed by atoms with Gasteiger partial charge in [0.2, 0.25) is 0 Å². The first-order valence-corrected chi connectivity index (χ1v) is 4.33. The minimum absolute atomic E-state index is 0.715. The van der Waals surface area contributed by atoms with Crippen LogP contribution in [0.5, 0.6) is 0 Å². The summed E-state index contributed by atoms with van der Waals surface area (Å²) < 4.78 is 10.6. The number of hydrogen-bond donors (Lipinski definition) is 0. The molecule has 11 heavy (non-hydrogen) atoms. The van der Waals surface area contributed by atoms with Crippen molar-refractivity contribution in [3.8, 4) is 0 Å². The molecule has 1 rings (SSSR count). The lowest BCUT2D eigenvalue weighted by atomic mass is 9.92. The molecule has 0 aromatic heterocycles. The third kappa shape index (κ3) is 2.84. The summed E-state index contributed by atoms with van der Waals surface area (Å²) in [5, 5.41) is 0. The van der Waals surface area contributed by atoms with E-state index in [-0.39, 0.29) is 0 Å². The van der Waals surface area contributed by atoms with E-state index in [9.17, 15) is 0 Å². The maximum absolute atomic E-state index is 5.76. The first-order chi connectivity index (χ1) is 5.27. The quantitative estimate of drug-likeness (QED) is 0.450. The Morgan fingerprint density at radius 2 is 2.45 bits per heavy atom. The normalized spacial score (nSPS) is 31.0. The van der Waals surface area contributed by atoms with Crippen molar-refractivity contribution >= 4 is 7.85 Å². The highest BCUT2D eigenvalue weighted by Gasteiger charge is 2.29. The van der Waals surface area contributed by atoms with Gasteiger partial charge in [0.25, 0.3) is 0 Å². The molecule has 1 saturated heterocycles. The molecule has 2 radical (unpaired) electrons. The lowest BCUT2D eigenvalue weighted by Crippen LogP contribution is -2.32. The molecule has 1 aliphatic rings. The van der Waals surface area contributed by atoms with Crippen LogP contribution in [-0.4, -0.2) is 26.7 Å². The van der Waals surface area contributed by atoms with Gasteiger partial charge in [-0.3, -0.25) is 0 Å². The highest BCUT2D eigenvalue weighted by Crippen LogP contribution is 2.23. The SMILES string of the molecule is [B]C1(OCCCC)CCCO1. The Labute approximate surface area is 69.7 Å². The van der Waals surface area contributed by atoms with Gasteiger partial charge in [-0.25, -0.2) is 0 Å². The molecule has 1 unspecified atom stereocenters. The highest BCUT2D eigenvalue weighted by atomic mass is 16.7. The number of hydrogen-bond acceptors (Lipinski definition) is 2. The van der Waals surface area contributed by atoms with Crippen LogP contribution in [-0.2, 0) is 9.47 Å². The van der Waals surface area contributed by atoms with Gasteiger partial charge in [0.05, 0.1) is 0 Å². The summed E-state index contributed by atoms with van der Waals surface area (Å²) in [4.78, 5) is 0. The van der Waals surface area contributed by atoms with Crippen molar-refractivity contribution in [3.05, 3.63) is 0 Å². The Balaban J connectivity index is 2.13. The van der Waals surface area contributed by atoms with Crippen LogP contribution >= 0.6 is 0 Å². The Hall–Kier alpha value is -0.0151. The Morgan fingerprint density at radius 3 is 3.00 bits per heavy atom. The molecule has 0 spiro atoms.